The molecule has 0 spiro atoms. The zero-order valence-electron chi connectivity index (χ0n) is 17.2. The summed E-state index contributed by atoms with van der Waals surface area (Å²) in [6.45, 7) is 1.83. The van der Waals surface area contributed by atoms with E-state index in [1.165, 1.54) is 30.8 Å². The maximum Gasteiger partial charge on any atom is 0.332 e. The summed E-state index contributed by atoms with van der Waals surface area (Å²) in [5, 5.41) is 6.72. The molecule has 31 heavy (non-hydrogen) atoms. The Morgan fingerprint density at radius 3 is 2.84 bits per heavy atom. The van der Waals surface area contributed by atoms with Crippen molar-refractivity contribution >= 4 is 22.8 Å². The van der Waals surface area contributed by atoms with Gasteiger partial charge in [0.2, 0.25) is 5.60 Å². The van der Waals surface area contributed by atoms with Crippen LogP contribution in [0, 0.1) is 5.82 Å². The maximum atomic E-state index is 13.4. The van der Waals surface area contributed by atoms with Crippen molar-refractivity contribution < 1.29 is 14.0 Å². The van der Waals surface area contributed by atoms with Crippen LogP contribution < -0.4 is 16.6 Å². The van der Waals surface area contributed by atoms with Gasteiger partial charge in [0.05, 0.1) is 5.71 Å². The number of oxime groups is 1. The number of halogens is 1. The number of carbonyl (C=O) groups excluding carboxylic acids is 1. The fraction of sp³-hybridized carbons (Fsp3) is 0.350. The van der Waals surface area contributed by atoms with Gasteiger partial charge in [-0.15, -0.1) is 0 Å². The van der Waals surface area contributed by atoms with Gasteiger partial charge in [0.1, 0.15) is 17.2 Å². The topological polar surface area (TPSA) is 123 Å². The van der Waals surface area contributed by atoms with Crippen LogP contribution >= 0.6 is 0 Å². The molecule has 1 unspecified atom stereocenters. The first-order valence-electron chi connectivity index (χ1n) is 9.63. The van der Waals surface area contributed by atoms with Gasteiger partial charge in [0.25, 0.3) is 11.5 Å². The standard InChI is InChI=1S/C20H21FN6O4/c1-20(10-13(25-31-20)11-5-4-6-12(21)9-11)18(29)22-8-7-14-23-15-16(24-14)26(2)19(30)27(3)17(15)28/h4-6,9H,7-8,10H2,1-3H3,(H,22,29)(H,23,24). The summed E-state index contributed by atoms with van der Waals surface area (Å²) in [6, 6.07) is 5.94. The number of fused-ring (bicyclic) bond motifs is 1. The molecule has 11 heteroatoms. The first-order valence-corrected chi connectivity index (χ1v) is 9.63. The molecule has 1 aliphatic heterocycles. The van der Waals surface area contributed by atoms with Crippen LogP contribution in [-0.4, -0.2) is 42.9 Å². The van der Waals surface area contributed by atoms with Crippen LogP contribution in [0.15, 0.2) is 39.0 Å². The molecule has 2 N–H and O–H groups in total. The average molecular weight is 428 g/mol. The smallest absolute Gasteiger partial charge is 0.332 e. The fourth-order valence-corrected chi connectivity index (χ4v) is 3.46. The molecule has 4 rings (SSSR count). The summed E-state index contributed by atoms with van der Waals surface area (Å²) in [6.07, 6.45) is 0.510. The monoisotopic (exact) mass is 428 g/mol. The third-order valence-electron chi connectivity index (χ3n) is 5.29. The van der Waals surface area contributed by atoms with E-state index in [-0.39, 0.29) is 30.0 Å². The van der Waals surface area contributed by atoms with Gasteiger partial charge in [-0.25, -0.2) is 14.2 Å². The Hall–Kier alpha value is -3.76. The summed E-state index contributed by atoms with van der Waals surface area (Å²) >= 11 is 0. The van der Waals surface area contributed by atoms with Gasteiger partial charge in [0.15, 0.2) is 5.65 Å². The van der Waals surface area contributed by atoms with Crippen LogP contribution in [-0.2, 0) is 30.1 Å². The SMILES string of the molecule is Cn1c(=O)c2[nH]c(CCNC(=O)C3(C)CC(c4cccc(F)c4)=NO3)nc2n(C)c1=O. The summed E-state index contributed by atoms with van der Waals surface area (Å²) < 4.78 is 15.7. The first-order chi connectivity index (χ1) is 14.7. The van der Waals surface area contributed by atoms with Crippen molar-refractivity contribution in [2.24, 2.45) is 19.3 Å². The van der Waals surface area contributed by atoms with E-state index in [0.29, 0.717) is 23.5 Å². The summed E-state index contributed by atoms with van der Waals surface area (Å²) in [7, 11) is 2.93. The molecule has 0 aliphatic carbocycles. The van der Waals surface area contributed by atoms with Crippen molar-refractivity contribution in [1.29, 1.82) is 0 Å². The highest BCUT2D eigenvalue weighted by atomic mass is 19.1. The van der Waals surface area contributed by atoms with Gasteiger partial charge in [-0.1, -0.05) is 17.3 Å². The molecule has 2 aromatic heterocycles. The predicted octanol–water partition coefficient (Wildman–Crippen LogP) is 0.341. The van der Waals surface area contributed by atoms with E-state index in [9.17, 15) is 18.8 Å². The number of amides is 1. The number of imidazole rings is 1. The van der Waals surface area contributed by atoms with Gasteiger partial charge < -0.3 is 15.1 Å². The molecule has 0 radical (unpaired) electrons. The molecule has 0 saturated heterocycles. The Kier molecular flexibility index (Phi) is 4.96. The van der Waals surface area contributed by atoms with Gasteiger partial charge in [-0.05, 0) is 19.1 Å². The number of hydrogen-bond acceptors (Lipinski definition) is 6. The van der Waals surface area contributed by atoms with Crippen LogP contribution in [0.25, 0.3) is 11.2 Å². The van der Waals surface area contributed by atoms with Gasteiger partial charge >= 0.3 is 5.69 Å². The summed E-state index contributed by atoms with van der Waals surface area (Å²) in [4.78, 5) is 49.5. The maximum absolute atomic E-state index is 13.4. The number of benzene rings is 1. The van der Waals surface area contributed by atoms with Crippen molar-refractivity contribution in [3.63, 3.8) is 0 Å². The molecule has 1 aromatic carbocycles. The number of H-pyrrole nitrogens is 1. The molecule has 10 nitrogen and oxygen atoms in total. The quantitative estimate of drug-likeness (QED) is 0.607. The Balaban J connectivity index is 1.41. The number of nitrogens with one attached hydrogen (secondary N) is 2. The summed E-state index contributed by atoms with van der Waals surface area (Å²) in [5.41, 5.74) is -0.606. The normalized spacial score (nSPS) is 18.1. The minimum absolute atomic E-state index is 0.199. The molecule has 3 aromatic rings. The van der Waals surface area contributed by atoms with E-state index >= 15 is 0 Å². The van der Waals surface area contributed by atoms with Gasteiger partial charge in [0, 0.05) is 39.0 Å². The minimum Gasteiger partial charge on any atom is -0.379 e. The highest BCUT2D eigenvalue weighted by molar-refractivity contribution is 6.05. The second-order valence-electron chi connectivity index (χ2n) is 7.64. The van der Waals surface area contributed by atoms with E-state index in [1.807, 2.05) is 0 Å². The second-order valence-corrected chi connectivity index (χ2v) is 7.64. The van der Waals surface area contributed by atoms with Crippen LogP contribution in [0.5, 0.6) is 0 Å². The number of rotatable bonds is 5. The van der Waals surface area contributed by atoms with Crippen molar-refractivity contribution in [2.75, 3.05) is 6.54 Å². The molecule has 162 valence electrons. The lowest BCUT2D eigenvalue weighted by molar-refractivity contribution is -0.141. The Bertz CT molecular complexity index is 1340. The average Bonchev–Trinajstić information content (AvgIpc) is 3.36. The lowest BCUT2D eigenvalue weighted by atomic mass is 9.95. The lowest BCUT2D eigenvalue weighted by Crippen LogP contribution is -2.45. The number of aryl methyl sites for hydroxylation is 1. The first kappa shape index (κ1) is 20.5. The zero-order chi connectivity index (χ0) is 22.3. The van der Waals surface area contributed by atoms with Crippen LogP contribution in [0.4, 0.5) is 4.39 Å². The van der Waals surface area contributed by atoms with Crippen LogP contribution in [0.3, 0.4) is 0 Å². The molecular weight excluding hydrogens is 407 g/mol. The predicted molar refractivity (Wildman–Crippen MR) is 110 cm³/mol. The van der Waals surface area contributed by atoms with Crippen molar-refractivity contribution in [3.05, 3.63) is 62.3 Å². The number of hydrogen-bond donors (Lipinski definition) is 2. The van der Waals surface area contributed by atoms with Crippen LogP contribution in [0.1, 0.15) is 24.7 Å². The number of aromatic nitrogens is 4. The van der Waals surface area contributed by atoms with Gasteiger partial charge in [-0.2, -0.15) is 0 Å². The molecule has 0 fully saturated rings. The van der Waals surface area contributed by atoms with Crippen LogP contribution in [0.2, 0.25) is 0 Å². The van der Waals surface area contributed by atoms with E-state index in [1.54, 1.807) is 19.1 Å². The Labute approximate surface area is 175 Å². The molecule has 0 saturated carbocycles. The van der Waals surface area contributed by atoms with Gasteiger partial charge in [-0.3, -0.25) is 18.7 Å². The number of carbonyl (C=O) groups is 1. The molecule has 1 atom stereocenters. The number of aromatic amines is 1. The van der Waals surface area contributed by atoms with E-state index in [4.69, 9.17) is 4.84 Å². The largest absolute Gasteiger partial charge is 0.379 e. The van der Waals surface area contributed by atoms with E-state index in [2.05, 4.69) is 20.4 Å². The third-order valence-corrected chi connectivity index (χ3v) is 5.29. The third kappa shape index (κ3) is 3.62. The highest BCUT2D eigenvalue weighted by Gasteiger charge is 2.42. The molecule has 3 heterocycles. The lowest BCUT2D eigenvalue weighted by Gasteiger charge is -2.20. The second kappa shape index (κ2) is 7.49. The Morgan fingerprint density at radius 2 is 2.10 bits per heavy atom. The minimum atomic E-state index is -1.21. The molecule has 1 amide bonds. The molecular formula is C20H21FN6O4. The molecule has 1 aliphatic rings. The highest BCUT2D eigenvalue weighted by Crippen LogP contribution is 2.27. The van der Waals surface area contributed by atoms with Crippen molar-refractivity contribution in [3.8, 4) is 0 Å². The summed E-state index contributed by atoms with van der Waals surface area (Å²) in [5.74, 6) is -0.304. The van der Waals surface area contributed by atoms with E-state index in [0.717, 1.165) is 4.57 Å². The fourth-order valence-electron chi connectivity index (χ4n) is 3.46. The van der Waals surface area contributed by atoms with E-state index < -0.39 is 22.7 Å². The Morgan fingerprint density at radius 1 is 1.32 bits per heavy atom. The number of nitrogens with zero attached hydrogens (tertiary/aromatic N) is 4. The zero-order valence-corrected chi connectivity index (χ0v) is 17.2. The van der Waals surface area contributed by atoms with Crippen molar-refractivity contribution in [2.45, 2.75) is 25.4 Å². The molecule has 0 bridgehead atoms. The van der Waals surface area contributed by atoms with Crippen molar-refractivity contribution in [1.82, 2.24) is 24.4 Å².